The molecular weight excluding hydrogens is 261 g/mol. The molecule has 1 aromatic heterocycles. The third-order valence-electron chi connectivity index (χ3n) is 2.34. The predicted octanol–water partition coefficient (Wildman–Crippen LogP) is 3.38. The van der Waals surface area contributed by atoms with Crippen molar-refractivity contribution in [3.63, 3.8) is 0 Å². The van der Waals surface area contributed by atoms with Crippen LogP contribution in [0.3, 0.4) is 0 Å². The summed E-state index contributed by atoms with van der Waals surface area (Å²) in [6.07, 6.45) is 1.27. The lowest BCUT2D eigenvalue weighted by Gasteiger charge is -2.07. The van der Waals surface area contributed by atoms with Crippen molar-refractivity contribution in [3.05, 3.63) is 52.7 Å². The molecule has 0 bridgehead atoms. The van der Waals surface area contributed by atoms with Crippen molar-refractivity contribution in [1.29, 1.82) is 0 Å². The zero-order valence-electron chi connectivity index (χ0n) is 9.11. The summed E-state index contributed by atoms with van der Waals surface area (Å²) >= 11 is 5.74. The molecule has 0 unspecified atom stereocenters. The van der Waals surface area contributed by atoms with E-state index >= 15 is 0 Å². The Hall–Kier alpha value is -2.01. The Morgan fingerprint density at radius 2 is 2.22 bits per heavy atom. The monoisotopic (exact) mass is 269 g/mol. The Morgan fingerprint density at radius 3 is 2.94 bits per heavy atom. The van der Waals surface area contributed by atoms with Gasteiger partial charge in [-0.1, -0.05) is 11.6 Å². The van der Waals surface area contributed by atoms with Crippen LogP contribution in [0.1, 0.15) is 16.1 Å². The highest BCUT2D eigenvalue weighted by Gasteiger charge is 2.14. The lowest BCUT2D eigenvalue weighted by molar-refractivity contribution is 0.0661. The Labute approximate surface area is 107 Å². The van der Waals surface area contributed by atoms with Crippen molar-refractivity contribution in [3.8, 4) is 0 Å². The van der Waals surface area contributed by atoms with Crippen LogP contribution >= 0.6 is 11.6 Å². The Morgan fingerprint density at radius 1 is 1.44 bits per heavy atom. The summed E-state index contributed by atoms with van der Waals surface area (Å²) in [5, 5.41) is 12.0. The number of carboxylic acid groups (broad SMARTS) is 1. The quantitative estimate of drug-likeness (QED) is 0.893. The number of aromatic carboxylic acids is 1. The van der Waals surface area contributed by atoms with Crippen LogP contribution in [0.15, 0.2) is 34.9 Å². The Kier molecular flexibility index (Phi) is 3.53. The number of carboxylic acids is 1. The molecular formula is C12H9ClFNO3. The number of hydrogen-bond donors (Lipinski definition) is 2. The fraction of sp³-hybridized carbons (Fsp3) is 0.0833. The molecule has 0 spiro atoms. The van der Waals surface area contributed by atoms with Gasteiger partial charge in [-0.15, -0.1) is 0 Å². The summed E-state index contributed by atoms with van der Waals surface area (Å²) < 4.78 is 18.2. The first-order valence-corrected chi connectivity index (χ1v) is 5.44. The van der Waals surface area contributed by atoms with E-state index in [-0.39, 0.29) is 18.0 Å². The Bertz CT molecular complexity index is 582. The normalized spacial score (nSPS) is 10.3. The number of carbonyl (C=O) groups is 1. The largest absolute Gasteiger partial charge is 0.475 e. The fourth-order valence-corrected chi connectivity index (χ4v) is 1.66. The van der Waals surface area contributed by atoms with Crippen LogP contribution in [0.5, 0.6) is 0 Å². The molecule has 0 saturated heterocycles. The van der Waals surface area contributed by atoms with Gasteiger partial charge < -0.3 is 14.8 Å². The number of halogens is 2. The molecule has 18 heavy (non-hydrogen) atoms. The molecule has 0 radical (unpaired) electrons. The van der Waals surface area contributed by atoms with Crippen molar-refractivity contribution in [2.24, 2.45) is 0 Å². The molecule has 0 atom stereocenters. The highest BCUT2D eigenvalue weighted by Crippen LogP contribution is 2.21. The molecule has 2 aromatic rings. The van der Waals surface area contributed by atoms with Gasteiger partial charge in [-0.3, -0.25) is 0 Å². The van der Waals surface area contributed by atoms with Gasteiger partial charge in [-0.25, -0.2) is 9.18 Å². The van der Waals surface area contributed by atoms with Crippen LogP contribution < -0.4 is 5.32 Å². The van der Waals surface area contributed by atoms with Gasteiger partial charge in [-0.05, 0) is 24.3 Å². The van der Waals surface area contributed by atoms with E-state index < -0.39 is 11.8 Å². The molecule has 0 aliphatic carbocycles. The minimum atomic E-state index is -1.16. The smallest absolute Gasteiger partial charge is 0.372 e. The van der Waals surface area contributed by atoms with Gasteiger partial charge in [0.05, 0.1) is 12.0 Å². The van der Waals surface area contributed by atoms with E-state index in [1.807, 2.05) is 0 Å². The maximum atomic E-state index is 13.4. The van der Waals surface area contributed by atoms with Crippen molar-refractivity contribution in [2.75, 3.05) is 5.32 Å². The van der Waals surface area contributed by atoms with Gasteiger partial charge in [0, 0.05) is 17.1 Å². The molecule has 0 aliphatic rings. The van der Waals surface area contributed by atoms with Crippen LogP contribution in [0.2, 0.25) is 5.02 Å². The van der Waals surface area contributed by atoms with Crippen LogP contribution in [0.25, 0.3) is 0 Å². The van der Waals surface area contributed by atoms with Gasteiger partial charge in [0.25, 0.3) is 0 Å². The Balaban J connectivity index is 2.14. The number of rotatable bonds is 4. The summed E-state index contributed by atoms with van der Waals surface area (Å²) in [6, 6.07) is 5.61. The molecule has 94 valence electrons. The number of anilines is 1. The number of benzene rings is 1. The summed E-state index contributed by atoms with van der Waals surface area (Å²) in [5.74, 6) is -1.78. The first-order chi connectivity index (χ1) is 8.58. The number of nitrogens with one attached hydrogen (secondary N) is 1. The van der Waals surface area contributed by atoms with Crippen molar-refractivity contribution in [1.82, 2.24) is 0 Å². The van der Waals surface area contributed by atoms with E-state index in [1.165, 1.54) is 30.5 Å². The lowest BCUT2D eigenvalue weighted by Crippen LogP contribution is -2.05. The molecule has 0 saturated carbocycles. The van der Waals surface area contributed by atoms with E-state index in [4.69, 9.17) is 21.1 Å². The molecule has 1 aromatic carbocycles. The minimum Gasteiger partial charge on any atom is -0.475 e. The van der Waals surface area contributed by atoms with E-state index in [9.17, 15) is 9.18 Å². The first kappa shape index (κ1) is 12.4. The van der Waals surface area contributed by atoms with E-state index in [2.05, 4.69) is 5.32 Å². The molecule has 2 N–H and O–H groups in total. The summed E-state index contributed by atoms with van der Waals surface area (Å²) in [7, 11) is 0. The first-order valence-electron chi connectivity index (χ1n) is 5.06. The lowest BCUT2D eigenvalue weighted by atomic mass is 10.2. The van der Waals surface area contributed by atoms with Crippen molar-refractivity contribution < 1.29 is 18.7 Å². The van der Waals surface area contributed by atoms with E-state index in [1.54, 1.807) is 0 Å². The summed E-state index contributed by atoms with van der Waals surface area (Å²) in [4.78, 5) is 10.8. The molecule has 2 rings (SSSR count). The van der Waals surface area contributed by atoms with Gasteiger partial charge in [0.1, 0.15) is 5.82 Å². The molecule has 1 heterocycles. The third-order valence-corrected chi connectivity index (χ3v) is 2.57. The van der Waals surface area contributed by atoms with Gasteiger partial charge in [0.2, 0.25) is 5.76 Å². The number of hydrogen-bond acceptors (Lipinski definition) is 3. The van der Waals surface area contributed by atoms with Crippen LogP contribution in [0.4, 0.5) is 10.1 Å². The van der Waals surface area contributed by atoms with Crippen LogP contribution in [-0.4, -0.2) is 11.1 Å². The molecule has 0 aliphatic heterocycles. The van der Waals surface area contributed by atoms with E-state index in [0.717, 1.165) is 0 Å². The standard InChI is InChI=1S/C12H9ClFNO3/c13-8-1-2-9(14)10(5-8)15-6-7-3-4-18-11(7)12(16)17/h1-5,15H,6H2,(H,16,17). The third kappa shape index (κ3) is 2.62. The van der Waals surface area contributed by atoms with Crippen LogP contribution in [-0.2, 0) is 6.54 Å². The molecule has 4 nitrogen and oxygen atoms in total. The summed E-state index contributed by atoms with van der Waals surface area (Å²) in [6.45, 7) is 0.134. The SMILES string of the molecule is O=C(O)c1occc1CNc1cc(Cl)ccc1F. The molecule has 0 fully saturated rings. The minimum absolute atomic E-state index is 0.134. The topological polar surface area (TPSA) is 62.5 Å². The highest BCUT2D eigenvalue weighted by molar-refractivity contribution is 6.30. The molecule has 0 amide bonds. The van der Waals surface area contributed by atoms with Crippen molar-refractivity contribution >= 4 is 23.3 Å². The number of furan rings is 1. The highest BCUT2D eigenvalue weighted by atomic mass is 35.5. The zero-order valence-corrected chi connectivity index (χ0v) is 9.87. The average molecular weight is 270 g/mol. The zero-order chi connectivity index (χ0) is 13.1. The predicted molar refractivity (Wildman–Crippen MR) is 64.4 cm³/mol. The molecule has 6 heteroatoms. The second kappa shape index (κ2) is 5.10. The van der Waals surface area contributed by atoms with Crippen molar-refractivity contribution in [2.45, 2.75) is 6.54 Å². The maximum Gasteiger partial charge on any atom is 0.372 e. The maximum absolute atomic E-state index is 13.4. The average Bonchev–Trinajstić information content (AvgIpc) is 2.79. The summed E-state index contributed by atoms with van der Waals surface area (Å²) in [5.41, 5.74) is 0.641. The van der Waals surface area contributed by atoms with Gasteiger partial charge in [0.15, 0.2) is 0 Å². The second-order valence-electron chi connectivity index (χ2n) is 3.56. The second-order valence-corrected chi connectivity index (χ2v) is 3.99. The van der Waals surface area contributed by atoms with Gasteiger partial charge >= 0.3 is 5.97 Å². The van der Waals surface area contributed by atoms with E-state index in [0.29, 0.717) is 10.6 Å². The van der Waals surface area contributed by atoms with Crippen LogP contribution in [0, 0.1) is 5.82 Å². The fourth-order valence-electron chi connectivity index (χ4n) is 1.49. The van der Waals surface area contributed by atoms with Gasteiger partial charge in [-0.2, -0.15) is 0 Å².